The predicted molar refractivity (Wildman–Crippen MR) is 206 cm³/mol. The Morgan fingerprint density at radius 1 is 0.473 bits per heavy atom. The maximum Gasteiger partial charge on any atom is 0.367 e. The van der Waals surface area contributed by atoms with Crippen LogP contribution in [0.15, 0.2) is 110 Å². The number of rotatable bonds is 9. The van der Waals surface area contributed by atoms with Crippen molar-refractivity contribution in [3.05, 3.63) is 132 Å². The van der Waals surface area contributed by atoms with E-state index in [1.807, 2.05) is 49.4 Å². The Bertz CT molecular complexity index is 2270. The van der Waals surface area contributed by atoms with Crippen LogP contribution in [-0.2, 0) is 4.89 Å². The molecule has 0 radical (unpaired) electrons. The smallest absolute Gasteiger partial charge is 0.367 e. The lowest BCUT2D eigenvalue weighted by molar-refractivity contribution is -0.141. The summed E-state index contributed by atoms with van der Waals surface area (Å²) in [5.41, 5.74) is 7.47. The third-order valence-corrected chi connectivity index (χ3v) is 7.54. The summed E-state index contributed by atoms with van der Waals surface area (Å²) in [5, 5.41) is 28.5. The number of hydrogen-bond acceptors (Lipinski definition) is 12. The van der Waals surface area contributed by atoms with Crippen molar-refractivity contribution < 1.29 is 29.8 Å². The summed E-state index contributed by atoms with van der Waals surface area (Å²) < 4.78 is 4.89. The summed E-state index contributed by atoms with van der Waals surface area (Å²) in [6, 6.07) is 22.1. The lowest BCUT2D eigenvalue weighted by atomic mass is 10.0. The fraction of sp³-hybridized carbons (Fsp3) is 0.116. The molecule has 0 aliphatic rings. The minimum absolute atomic E-state index is 0.0195. The number of aryl methyl sites for hydroxylation is 1. The molecule has 55 heavy (non-hydrogen) atoms. The van der Waals surface area contributed by atoms with Crippen molar-refractivity contribution in [3.63, 3.8) is 0 Å². The highest BCUT2D eigenvalue weighted by molar-refractivity contribution is 5.63. The second-order valence-corrected chi connectivity index (χ2v) is 11.1. The summed E-state index contributed by atoms with van der Waals surface area (Å²) in [5.74, 6) is 7.54. The summed E-state index contributed by atoms with van der Waals surface area (Å²) in [4.78, 5) is 33.1. The first kappa shape index (κ1) is 40.2. The molecule has 0 bridgehead atoms. The van der Waals surface area contributed by atoms with Crippen LogP contribution in [0.4, 0.5) is 0 Å². The van der Waals surface area contributed by atoms with E-state index in [9.17, 15) is 15.3 Å². The van der Waals surface area contributed by atoms with Crippen molar-refractivity contribution >= 4 is 0 Å². The number of aliphatic hydroxyl groups is 3. The van der Waals surface area contributed by atoms with Gasteiger partial charge in [-0.05, 0) is 40.3 Å². The fourth-order valence-corrected chi connectivity index (χ4v) is 4.54. The molecule has 0 spiro atoms. The molecule has 0 aliphatic carbocycles. The monoisotopic (exact) mass is 730 g/mol. The van der Waals surface area contributed by atoms with E-state index in [0.717, 1.165) is 39.2 Å². The molecular formula is C43H34N6O6. The Balaban J connectivity index is 0.000000184. The van der Waals surface area contributed by atoms with Crippen LogP contribution in [-0.4, -0.2) is 52.3 Å². The largest absolute Gasteiger partial charge is 0.467 e. The van der Waals surface area contributed by atoms with Crippen molar-refractivity contribution in [1.29, 1.82) is 0 Å². The van der Waals surface area contributed by atoms with Crippen molar-refractivity contribution in [3.8, 4) is 95.0 Å². The van der Waals surface area contributed by atoms with Crippen molar-refractivity contribution in [2.45, 2.75) is 25.2 Å². The quantitative estimate of drug-likeness (QED) is 0.0953. The molecule has 3 unspecified atom stereocenters. The Labute approximate surface area is 318 Å². The summed E-state index contributed by atoms with van der Waals surface area (Å²) in [6.45, 7) is 1.84. The van der Waals surface area contributed by atoms with Gasteiger partial charge in [-0.3, -0.25) is 0 Å². The van der Waals surface area contributed by atoms with Crippen LogP contribution in [0.25, 0.3) is 33.4 Å². The van der Waals surface area contributed by atoms with Gasteiger partial charge in [0.1, 0.15) is 24.1 Å². The van der Waals surface area contributed by atoms with E-state index >= 15 is 0 Å². The standard InChI is InChI=1S/C15H10N2O3.C14H12N2O2.C14H12N2O/c1-3-14(18)12-7-5-11(6-8-12)13-9-16-15(17-10-13)20-19-4-2;1-3-13(17)11-6-4-10(5-7-11)12-8-15-14(18-2)16-9-12;1-3-14(17)12-6-4-11(5-7-12)13-8-15-10(2)16-9-13/h1-2,5-10,14,18H;1,4-9,13,17H,2H3;1,4-9,14,17H,2H3. The zero-order valence-electron chi connectivity index (χ0n) is 29.7. The van der Waals surface area contributed by atoms with Crippen molar-refractivity contribution in [2.75, 3.05) is 7.11 Å². The predicted octanol–water partition coefficient (Wildman–Crippen LogP) is 5.65. The van der Waals surface area contributed by atoms with Gasteiger partial charge in [-0.15, -0.1) is 19.3 Å². The third kappa shape index (κ3) is 11.7. The van der Waals surface area contributed by atoms with Crippen molar-refractivity contribution in [1.82, 2.24) is 29.9 Å². The van der Waals surface area contributed by atoms with Crippen LogP contribution in [0.1, 0.15) is 40.8 Å². The van der Waals surface area contributed by atoms with Gasteiger partial charge in [-0.2, -0.15) is 9.97 Å². The molecule has 12 nitrogen and oxygen atoms in total. The highest BCUT2D eigenvalue weighted by Gasteiger charge is 2.08. The molecule has 0 saturated heterocycles. The average Bonchev–Trinajstić information content (AvgIpc) is 3.26. The Hall–Kier alpha value is -7.58. The van der Waals surface area contributed by atoms with Crippen LogP contribution < -0.4 is 9.62 Å². The van der Waals surface area contributed by atoms with Crippen LogP contribution in [0.2, 0.25) is 0 Å². The number of benzene rings is 3. The molecule has 0 amide bonds. The van der Waals surface area contributed by atoms with Gasteiger partial charge < -0.3 is 20.1 Å². The Morgan fingerprint density at radius 2 is 0.782 bits per heavy atom. The lowest BCUT2D eigenvalue weighted by Gasteiger charge is -2.06. The summed E-state index contributed by atoms with van der Waals surface area (Å²) >= 11 is 0. The van der Waals surface area contributed by atoms with E-state index in [1.165, 1.54) is 7.11 Å². The summed E-state index contributed by atoms with van der Waals surface area (Å²) in [6.07, 6.45) is 29.6. The van der Waals surface area contributed by atoms with E-state index in [-0.39, 0.29) is 6.01 Å². The van der Waals surface area contributed by atoms with Gasteiger partial charge in [0.25, 0.3) is 0 Å². The SMILES string of the molecule is C#CC(O)c1ccc(-c2cnc(C)nc2)cc1.C#CC(O)c1ccc(-c2cnc(OC)nc2)cc1.C#COOc1ncc(-c2ccc(C(O)C#C)cc2)cn1. The first-order chi connectivity index (χ1) is 26.7. The molecule has 0 fully saturated rings. The van der Waals surface area contributed by atoms with Crippen LogP contribution >= 0.6 is 0 Å². The number of aliphatic hydroxyl groups excluding tert-OH is 3. The fourth-order valence-electron chi connectivity index (χ4n) is 4.54. The maximum atomic E-state index is 9.50. The average molecular weight is 731 g/mol. The van der Waals surface area contributed by atoms with E-state index in [4.69, 9.17) is 30.4 Å². The number of terminal acetylenes is 4. The van der Waals surface area contributed by atoms with Crippen LogP contribution in [0, 0.1) is 56.5 Å². The maximum absolute atomic E-state index is 9.50. The van der Waals surface area contributed by atoms with Crippen LogP contribution in [0.5, 0.6) is 12.0 Å². The second-order valence-electron chi connectivity index (χ2n) is 11.1. The molecule has 3 atom stereocenters. The molecule has 3 N–H and O–H groups in total. The zero-order valence-corrected chi connectivity index (χ0v) is 29.7. The number of methoxy groups -OCH3 is 1. The lowest BCUT2D eigenvalue weighted by Crippen LogP contribution is -1.96. The van der Waals surface area contributed by atoms with E-state index < -0.39 is 18.3 Å². The topological polar surface area (TPSA) is 166 Å². The van der Waals surface area contributed by atoms with Gasteiger partial charge in [0.2, 0.25) is 0 Å². The van der Waals surface area contributed by atoms with Gasteiger partial charge in [-0.1, -0.05) is 97.0 Å². The number of ether oxygens (including phenoxy) is 1. The molecule has 3 aromatic carbocycles. The molecule has 0 saturated carbocycles. The molecule has 0 aliphatic heterocycles. The molecule has 3 heterocycles. The normalized spacial score (nSPS) is 11.4. The van der Waals surface area contributed by atoms with Gasteiger partial charge in [0.15, 0.2) is 6.11 Å². The molecule has 3 aromatic heterocycles. The molecule has 6 rings (SSSR count). The highest BCUT2D eigenvalue weighted by atomic mass is 17.2. The van der Waals surface area contributed by atoms with E-state index in [2.05, 4.69) is 57.4 Å². The minimum Gasteiger partial charge on any atom is -0.467 e. The molecule has 272 valence electrons. The zero-order chi connectivity index (χ0) is 39.6. The van der Waals surface area contributed by atoms with E-state index in [0.29, 0.717) is 22.7 Å². The van der Waals surface area contributed by atoms with Gasteiger partial charge in [-0.25, -0.2) is 29.7 Å². The second kappa shape index (κ2) is 20.5. The van der Waals surface area contributed by atoms with E-state index in [1.54, 1.807) is 73.6 Å². The van der Waals surface area contributed by atoms with Crippen LogP contribution in [0.3, 0.4) is 0 Å². The Kier molecular flexibility index (Phi) is 14.9. The molecule has 6 aromatic rings. The van der Waals surface area contributed by atoms with Gasteiger partial charge >= 0.3 is 12.0 Å². The molecule has 12 heteroatoms. The van der Waals surface area contributed by atoms with Crippen molar-refractivity contribution in [2.24, 2.45) is 0 Å². The minimum atomic E-state index is -0.906. The molecular weight excluding hydrogens is 697 g/mol. The number of hydrogen-bond donors (Lipinski definition) is 3. The third-order valence-electron chi connectivity index (χ3n) is 7.54. The summed E-state index contributed by atoms with van der Waals surface area (Å²) in [7, 11) is 1.52. The number of nitrogens with zero attached hydrogens (tertiary/aromatic N) is 6. The van der Waals surface area contributed by atoms with Gasteiger partial charge in [0.05, 0.1) is 7.11 Å². The number of aromatic nitrogens is 6. The van der Waals surface area contributed by atoms with Gasteiger partial charge in [0, 0.05) is 53.9 Å². The first-order valence-electron chi connectivity index (χ1n) is 16.2. The first-order valence-corrected chi connectivity index (χ1v) is 16.2. The highest BCUT2D eigenvalue weighted by Crippen LogP contribution is 2.23. The Morgan fingerprint density at radius 3 is 1.07 bits per heavy atom.